The zero-order valence-corrected chi connectivity index (χ0v) is 12.4. The van der Waals surface area contributed by atoms with Crippen LogP contribution < -0.4 is 10.6 Å². The van der Waals surface area contributed by atoms with Crippen LogP contribution in [0.25, 0.3) is 11.5 Å². The summed E-state index contributed by atoms with van der Waals surface area (Å²) in [6.07, 6.45) is 3.46. The summed E-state index contributed by atoms with van der Waals surface area (Å²) in [5.74, 6) is 1.39. The van der Waals surface area contributed by atoms with Crippen molar-refractivity contribution in [2.24, 2.45) is 11.7 Å². The highest BCUT2D eigenvalue weighted by molar-refractivity contribution is 5.73. The molecule has 2 heterocycles. The largest absolute Gasteiger partial charge is 0.370 e. The predicted molar refractivity (Wildman–Crippen MR) is 83.1 cm³/mol. The molecule has 0 spiro atoms. The molecule has 0 saturated carbocycles. The van der Waals surface area contributed by atoms with E-state index in [-0.39, 0.29) is 5.91 Å². The van der Waals surface area contributed by atoms with Crippen LogP contribution in [0.4, 0.5) is 5.95 Å². The van der Waals surface area contributed by atoms with Crippen molar-refractivity contribution in [1.82, 2.24) is 10.1 Å². The first-order chi connectivity index (χ1) is 10.7. The minimum absolute atomic E-state index is 0.233. The molecule has 1 aliphatic rings. The van der Waals surface area contributed by atoms with Gasteiger partial charge in [-0.05, 0) is 42.5 Å². The van der Waals surface area contributed by atoms with Crippen LogP contribution in [-0.4, -0.2) is 29.1 Å². The number of piperidine rings is 1. The van der Waals surface area contributed by atoms with Crippen molar-refractivity contribution in [3.63, 3.8) is 0 Å². The number of anilines is 1. The number of carbonyl (C=O) groups excluding carboxylic acids is 1. The second kappa shape index (κ2) is 6.60. The Morgan fingerprint density at radius 3 is 2.95 bits per heavy atom. The Bertz CT molecular complexity index is 626. The Hall–Kier alpha value is -2.37. The van der Waals surface area contributed by atoms with Crippen molar-refractivity contribution in [2.75, 3.05) is 18.0 Å². The Labute approximate surface area is 129 Å². The van der Waals surface area contributed by atoms with Gasteiger partial charge in [0, 0.05) is 25.1 Å². The molecule has 1 aromatic carbocycles. The van der Waals surface area contributed by atoms with Crippen molar-refractivity contribution >= 4 is 11.9 Å². The van der Waals surface area contributed by atoms with Gasteiger partial charge in [-0.2, -0.15) is 4.98 Å². The number of aromatic nitrogens is 2. The molecule has 2 N–H and O–H groups in total. The maximum atomic E-state index is 10.9. The van der Waals surface area contributed by atoms with Crippen LogP contribution in [0.2, 0.25) is 0 Å². The van der Waals surface area contributed by atoms with Crippen molar-refractivity contribution < 1.29 is 9.32 Å². The normalized spacial score (nSPS) is 18.4. The smallest absolute Gasteiger partial charge is 0.266 e. The van der Waals surface area contributed by atoms with E-state index in [2.05, 4.69) is 15.0 Å². The van der Waals surface area contributed by atoms with Gasteiger partial charge in [-0.1, -0.05) is 18.2 Å². The third-order valence-electron chi connectivity index (χ3n) is 4.04. The molecule has 6 heteroatoms. The van der Waals surface area contributed by atoms with Gasteiger partial charge in [-0.3, -0.25) is 4.79 Å². The molecule has 1 atom stereocenters. The highest BCUT2D eigenvalue weighted by Crippen LogP contribution is 2.26. The Morgan fingerprint density at radius 1 is 1.36 bits per heavy atom. The molecule has 1 saturated heterocycles. The molecule has 1 amide bonds. The fraction of sp³-hybridized carbons (Fsp3) is 0.438. The van der Waals surface area contributed by atoms with Crippen molar-refractivity contribution in [2.45, 2.75) is 25.7 Å². The Balaban J connectivity index is 1.66. The number of hydrogen-bond donors (Lipinski definition) is 1. The van der Waals surface area contributed by atoms with E-state index >= 15 is 0 Å². The van der Waals surface area contributed by atoms with Gasteiger partial charge in [-0.15, -0.1) is 0 Å². The molecule has 1 fully saturated rings. The lowest BCUT2D eigenvalue weighted by Crippen LogP contribution is -2.36. The van der Waals surface area contributed by atoms with Crippen LogP contribution in [-0.2, 0) is 4.79 Å². The molecule has 1 aromatic heterocycles. The molecule has 0 radical (unpaired) electrons. The molecule has 0 aliphatic carbocycles. The molecule has 3 rings (SSSR count). The van der Waals surface area contributed by atoms with E-state index in [9.17, 15) is 4.79 Å². The zero-order valence-electron chi connectivity index (χ0n) is 12.4. The summed E-state index contributed by atoms with van der Waals surface area (Å²) in [5.41, 5.74) is 6.15. The van der Waals surface area contributed by atoms with Crippen molar-refractivity contribution in [1.29, 1.82) is 0 Å². The van der Waals surface area contributed by atoms with Gasteiger partial charge in [0.1, 0.15) is 0 Å². The van der Waals surface area contributed by atoms with Crippen LogP contribution in [0.5, 0.6) is 0 Å². The molecule has 22 heavy (non-hydrogen) atoms. The van der Waals surface area contributed by atoms with Crippen molar-refractivity contribution in [3.8, 4) is 11.5 Å². The molecule has 0 bridgehead atoms. The fourth-order valence-electron chi connectivity index (χ4n) is 2.87. The summed E-state index contributed by atoms with van der Waals surface area (Å²) in [7, 11) is 0. The first-order valence-corrected chi connectivity index (χ1v) is 7.65. The van der Waals surface area contributed by atoms with E-state index < -0.39 is 0 Å². The zero-order chi connectivity index (χ0) is 15.4. The number of nitrogens with two attached hydrogens (primary N) is 1. The quantitative estimate of drug-likeness (QED) is 0.915. The molecular weight excluding hydrogens is 280 g/mol. The average Bonchev–Trinajstić information content (AvgIpc) is 3.04. The van der Waals surface area contributed by atoms with Crippen molar-refractivity contribution in [3.05, 3.63) is 30.3 Å². The number of amides is 1. The van der Waals surface area contributed by atoms with Crippen LogP contribution in [0.15, 0.2) is 34.9 Å². The molecule has 1 aliphatic heterocycles. The monoisotopic (exact) mass is 300 g/mol. The summed E-state index contributed by atoms with van der Waals surface area (Å²) in [5, 5.41) is 4.09. The minimum Gasteiger partial charge on any atom is -0.370 e. The lowest BCUT2D eigenvalue weighted by molar-refractivity contribution is -0.118. The van der Waals surface area contributed by atoms with Crippen LogP contribution in [0, 0.1) is 5.92 Å². The van der Waals surface area contributed by atoms with Crippen LogP contribution in [0.3, 0.4) is 0 Å². The van der Waals surface area contributed by atoms with Crippen LogP contribution in [0.1, 0.15) is 25.7 Å². The van der Waals surface area contributed by atoms with E-state index in [0.29, 0.717) is 24.2 Å². The number of primary amides is 1. The third-order valence-corrected chi connectivity index (χ3v) is 4.04. The van der Waals surface area contributed by atoms with Gasteiger partial charge in [0.05, 0.1) is 0 Å². The van der Waals surface area contributed by atoms with E-state index in [1.807, 2.05) is 30.3 Å². The lowest BCUT2D eigenvalue weighted by atomic mass is 9.93. The van der Waals surface area contributed by atoms with Gasteiger partial charge in [0.25, 0.3) is 11.8 Å². The van der Waals surface area contributed by atoms with Gasteiger partial charge in [-0.25, -0.2) is 0 Å². The highest BCUT2D eigenvalue weighted by Gasteiger charge is 2.23. The minimum atomic E-state index is -0.233. The second-order valence-electron chi connectivity index (χ2n) is 5.72. The fourth-order valence-corrected chi connectivity index (χ4v) is 2.87. The Kier molecular flexibility index (Phi) is 4.37. The molecule has 1 unspecified atom stereocenters. The summed E-state index contributed by atoms with van der Waals surface area (Å²) in [6, 6.07) is 9.74. The SMILES string of the molecule is NC(=O)CCC1CCCN(c2noc(-c3ccccc3)n2)C1. The number of nitrogens with zero attached hydrogens (tertiary/aromatic N) is 3. The molecular formula is C16H20N4O2. The molecule has 2 aromatic rings. The number of hydrogen-bond acceptors (Lipinski definition) is 5. The summed E-state index contributed by atoms with van der Waals surface area (Å²) in [4.78, 5) is 17.5. The standard InChI is InChI=1S/C16H20N4O2/c17-14(21)9-8-12-5-4-10-20(11-12)16-18-15(22-19-16)13-6-2-1-3-7-13/h1-3,6-7,12H,4-5,8-11H2,(H2,17,21). The number of carbonyl (C=O) groups is 1. The topological polar surface area (TPSA) is 85.3 Å². The highest BCUT2D eigenvalue weighted by atomic mass is 16.5. The van der Waals surface area contributed by atoms with Crippen LogP contribution >= 0.6 is 0 Å². The summed E-state index contributed by atoms with van der Waals surface area (Å²) in [6.45, 7) is 1.77. The first kappa shape index (κ1) is 14.6. The summed E-state index contributed by atoms with van der Waals surface area (Å²) >= 11 is 0. The first-order valence-electron chi connectivity index (χ1n) is 7.65. The van der Waals surface area contributed by atoms with Gasteiger partial charge in [0.15, 0.2) is 0 Å². The van der Waals surface area contributed by atoms with E-state index in [4.69, 9.17) is 10.3 Å². The maximum Gasteiger partial charge on any atom is 0.266 e. The summed E-state index contributed by atoms with van der Waals surface area (Å²) < 4.78 is 5.36. The number of benzene rings is 1. The predicted octanol–water partition coefficient (Wildman–Crippen LogP) is 2.22. The van der Waals surface area contributed by atoms with Gasteiger partial charge in [0.2, 0.25) is 5.91 Å². The lowest BCUT2D eigenvalue weighted by Gasteiger charge is -2.31. The maximum absolute atomic E-state index is 10.9. The van der Waals surface area contributed by atoms with E-state index in [1.165, 1.54) is 0 Å². The molecule has 6 nitrogen and oxygen atoms in total. The molecule has 116 valence electrons. The van der Waals surface area contributed by atoms with E-state index in [1.54, 1.807) is 0 Å². The Morgan fingerprint density at radius 2 is 2.18 bits per heavy atom. The second-order valence-corrected chi connectivity index (χ2v) is 5.72. The van der Waals surface area contributed by atoms with E-state index in [0.717, 1.165) is 37.9 Å². The van der Waals surface area contributed by atoms with Gasteiger partial charge < -0.3 is 15.2 Å². The third kappa shape index (κ3) is 3.44. The van der Waals surface area contributed by atoms with Gasteiger partial charge >= 0.3 is 0 Å². The average molecular weight is 300 g/mol. The number of rotatable bonds is 5.